The van der Waals surface area contributed by atoms with Crippen LogP contribution in [0.25, 0.3) is 77.2 Å². The maximum atomic E-state index is 5.17. The van der Waals surface area contributed by atoms with Crippen molar-refractivity contribution in [3.63, 3.8) is 0 Å². The van der Waals surface area contributed by atoms with E-state index in [0.717, 1.165) is 61.6 Å². The lowest BCUT2D eigenvalue weighted by molar-refractivity contribution is 1.28. The van der Waals surface area contributed by atoms with E-state index < -0.39 is 0 Å². The molecule has 4 nitrogen and oxygen atoms in total. The summed E-state index contributed by atoms with van der Waals surface area (Å²) in [4.78, 5) is 16.4. The third-order valence-corrected chi connectivity index (χ3v) is 10.4. The molecule has 0 saturated heterocycles. The van der Waals surface area contributed by atoms with Crippen molar-refractivity contribution in [1.29, 1.82) is 0 Å². The highest BCUT2D eigenvalue weighted by Gasteiger charge is 2.16. The van der Waals surface area contributed by atoms with Gasteiger partial charge in [0.15, 0.2) is 0 Å². The van der Waals surface area contributed by atoms with Crippen molar-refractivity contribution in [2.45, 2.75) is 0 Å². The Balaban J connectivity index is 1.06. The Kier molecular flexibility index (Phi) is 8.12. The van der Waals surface area contributed by atoms with Crippen molar-refractivity contribution in [1.82, 2.24) is 15.0 Å². The van der Waals surface area contributed by atoms with Crippen molar-refractivity contribution in [3.05, 3.63) is 207 Å². The molecule has 0 aliphatic heterocycles. The molecule has 0 N–H and O–H groups in total. The summed E-state index contributed by atoms with van der Waals surface area (Å²) < 4.78 is 0. The van der Waals surface area contributed by atoms with E-state index in [4.69, 9.17) is 9.97 Å². The van der Waals surface area contributed by atoms with Crippen LogP contribution in [0, 0.1) is 0 Å². The van der Waals surface area contributed by atoms with E-state index in [1.807, 2.05) is 55.0 Å². The zero-order valence-corrected chi connectivity index (χ0v) is 29.9. The molecule has 3 heterocycles. The summed E-state index contributed by atoms with van der Waals surface area (Å²) in [6, 6.07) is 66.7. The number of pyridine rings is 3. The first-order chi connectivity index (χ1) is 27.2. The van der Waals surface area contributed by atoms with Gasteiger partial charge in [-0.25, -0.2) is 4.98 Å². The molecule has 7 aromatic carbocycles. The van der Waals surface area contributed by atoms with Crippen molar-refractivity contribution < 1.29 is 0 Å². The van der Waals surface area contributed by atoms with Gasteiger partial charge >= 0.3 is 0 Å². The molecule has 10 aromatic rings. The molecule has 55 heavy (non-hydrogen) atoms. The van der Waals surface area contributed by atoms with Gasteiger partial charge in [-0.3, -0.25) is 9.97 Å². The number of hydrogen-bond donors (Lipinski definition) is 0. The Hall–Kier alpha value is -7.43. The third kappa shape index (κ3) is 6.16. The van der Waals surface area contributed by atoms with Gasteiger partial charge in [-0.1, -0.05) is 121 Å². The molecule has 4 heteroatoms. The van der Waals surface area contributed by atoms with Gasteiger partial charge in [0.1, 0.15) is 0 Å². The number of anilines is 3. The van der Waals surface area contributed by atoms with Crippen LogP contribution in [0.15, 0.2) is 207 Å². The molecular formula is C51H34N4. The number of aromatic nitrogens is 3. The minimum absolute atomic E-state index is 0.883. The maximum Gasteiger partial charge on any atom is 0.0972 e. The zero-order valence-electron chi connectivity index (χ0n) is 29.9. The SMILES string of the molecule is c1ccc(-c2ccc3c(ccc4cc(N(c5ccc(-c6ccncc6)cc5)c5ccc(-c6cc7cccnc7c(-c7ccccc7)n6)cc5)ccc43)c2)cc1. The normalized spacial score (nSPS) is 11.3. The molecule has 0 unspecified atom stereocenters. The van der Waals surface area contributed by atoms with Crippen LogP contribution in [0.2, 0.25) is 0 Å². The van der Waals surface area contributed by atoms with Crippen molar-refractivity contribution >= 4 is 49.5 Å². The average molecular weight is 703 g/mol. The number of rotatable bonds is 7. The fraction of sp³-hybridized carbons (Fsp3) is 0. The summed E-state index contributed by atoms with van der Waals surface area (Å²) in [5.74, 6) is 0. The lowest BCUT2D eigenvalue weighted by Gasteiger charge is -2.26. The molecule has 0 radical (unpaired) electrons. The summed E-state index contributed by atoms with van der Waals surface area (Å²) in [5.41, 5.74) is 12.7. The van der Waals surface area contributed by atoms with E-state index >= 15 is 0 Å². The van der Waals surface area contributed by atoms with Crippen LogP contribution in [-0.2, 0) is 0 Å². The van der Waals surface area contributed by atoms with Crippen LogP contribution in [-0.4, -0.2) is 15.0 Å². The second-order valence-corrected chi connectivity index (χ2v) is 13.7. The Labute approximate surface area is 319 Å². The molecule has 0 amide bonds. The molecule has 0 spiro atoms. The molecule has 258 valence electrons. The van der Waals surface area contributed by atoms with Gasteiger partial charge in [0, 0.05) is 52.2 Å². The van der Waals surface area contributed by atoms with E-state index in [2.05, 4.69) is 162 Å². The van der Waals surface area contributed by atoms with E-state index in [9.17, 15) is 0 Å². The smallest absolute Gasteiger partial charge is 0.0972 e. The second kappa shape index (κ2) is 13.8. The fourth-order valence-electron chi connectivity index (χ4n) is 7.61. The molecular weight excluding hydrogens is 669 g/mol. The van der Waals surface area contributed by atoms with Gasteiger partial charge in [0.25, 0.3) is 0 Å². The molecule has 10 rings (SSSR count). The molecule has 3 aromatic heterocycles. The van der Waals surface area contributed by atoms with Crippen molar-refractivity contribution in [2.24, 2.45) is 0 Å². The van der Waals surface area contributed by atoms with Gasteiger partial charge < -0.3 is 4.90 Å². The first-order valence-electron chi connectivity index (χ1n) is 18.5. The summed E-state index contributed by atoms with van der Waals surface area (Å²) in [6.45, 7) is 0. The summed E-state index contributed by atoms with van der Waals surface area (Å²) in [5, 5.41) is 5.96. The predicted octanol–water partition coefficient (Wildman–Crippen LogP) is 13.5. The van der Waals surface area contributed by atoms with Crippen molar-refractivity contribution in [2.75, 3.05) is 4.90 Å². The largest absolute Gasteiger partial charge is 0.310 e. The third-order valence-electron chi connectivity index (χ3n) is 10.4. The summed E-state index contributed by atoms with van der Waals surface area (Å²) >= 11 is 0. The molecule has 0 aliphatic rings. The number of fused-ring (bicyclic) bond motifs is 4. The average Bonchev–Trinajstić information content (AvgIpc) is 3.27. The van der Waals surface area contributed by atoms with Gasteiger partial charge in [-0.05, 0) is 111 Å². The molecule has 0 bridgehead atoms. The number of benzene rings is 7. The van der Waals surface area contributed by atoms with Crippen LogP contribution < -0.4 is 4.90 Å². The summed E-state index contributed by atoms with van der Waals surface area (Å²) in [7, 11) is 0. The summed E-state index contributed by atoms with van der Waals surface area (Å²) in [6.07, 6.45) is 5.50. The molecule has 0 aliphatic carbocycles. The quantitative estimate of drug-likeness (QED) is 0.155. The standard InChI is InChI=1S/C51H34N4/c1-3-8-35(9-4-1)40-19-25-47-41(32-40)13-14-42-33-46(24-26-48(42)47)55(44-20-15-36(16-21-44)37-27-30-52-31-28-37)45-22-17-38(18-23-45)49-34-43-12-7-29-53-50(43)51(54-49)39-10-5-2-6-11-39/h1-34H. The van der Waals surface area contributed by atoms with Crippen LogP contribution in [0.5, 0.6) is 0 Å². The Morgan fingerprint density at radius 2 is 0.909 bits per heavy atom. The Bertz CT molecular complexity index is 2950. The predicted molar refractivity (Wildman–Crippen MR) is 229 cm³/mol. The monoisotopic (exact) mass is 702 g/mol. The molecule has 0 fully saturated rings. The molecule has 0 saturated carbocycles. The highest BCUT2D eigenvalue weighted by atomic mass is 15.1. The van der Waals surface area contributed by atoms with Crippen LogP contribution in [0.1, 0.15) is 0 Å². The topological polar surface area (TPSA) is 41.9 Å². The fourth-order valence-corrected chi connectivity index (χ4v) is 7.61. The van der Waals surface area contributed by atoms with E-state index in [-0.39, 0.29) is 0 Å². The lowest BCUT2D eigenvalue weighted by Crippen LogP contribution is -2.10. The van der Waals surface area contributed by atoms with Crippen LogP contribution >= 0.6 is 0 Å². The zero-order chi connectivity index (χ0) is 36.6. The highest BCUT2D eigenvalue weighted by Crippen LogP contribution is 2.40. The maximum absolute atomic E-state index is 5.17. The minimum Gasteiger partial charge on any atom is -0.310 e. The van der Waals surface area contributed by atoms with Crippen LogP contribution in [0.4, 0.5) is 17.1 Å². The van der Waals surface area contributed by atoms with E-state index in [0.29, 0.717) is 0 Å². The number of hydrogen-bond acceptors (Lipinski definition) is 4. The Morgan fingerprint density at radius 1 is 0.345 bits per heavy atom. The van der Waals surface area contributed by atoms with Gasteiger partial charge in [-0.15, -0.1) is 0 Å². The number of nitrogens with zero attached hydrogens (tertiary/aromatic N) is 4. The first-order valence-corrected chi connectivity index (χ1v) is 18.5. The van der Waals surface area contributed by atoms with Gasteiger partial charge in [-0.2, -0.15) is 0 Å². The van der Waals surface area contributed by atoms with Gasteiger partial charge in [0.2, 0.25) is 0 Å². The first kappa shape index (κ1) is 32.2. The van der Waals surface area contributed by atoms with E-state index in [1.54, 1.807) is 0 Å². The van der Waals surface area contributed by atoms with Crippen LogP contribution in [0.3, 0.4) is 0 Å². The second-order valence-electron chi connectivity index (χ2n) is 13.7. The van der Waals surface area contributed by atoms with Gasteiger partial charge in [0.05, 0.1) is 16.9 Å². The van der Waals surface area contributed by atoms with Crippen molar-refractivity contribution in [3.8, 4) is 44.8 Å². The molecule has 0 atom stereocenters. The lowest BCUT2D eigenvalue weighted by atomic mass is 9.97. The van der Waals surface area contributed by atoms with E-state index in [1.165, 1.54) is 32.7 Å². The Morgan fingerprint density at radius 3 is 1.62 bits per heavy atom. The minimum atomic E-state index is 0.883. The highest BCUT2D eigenvalue weighted by molar-refractivity contribution is 6.09.